The maximum Gasteiger partial charge on any atom is 0.323 e. The van der Waals surface area contributed by atoms with Crippen molar-refractivity contribution < 1.29 is 17.9 Å². The molecule has 1 aliphatic rings. The van der Waals surface area contributed by atoms with Gasteiger partial charge in [-0.05, 0) is 30.3 Å². The van der Waals surface area contributed by atoms with Gasteiger partial charge in [0, 0.05) is 18.5 Å². The second-order valence-electron chi connectivity index (χ2n) is 5.89. The van der Waals surface area contributed by atoms with Gasteiger partial charge in [0.05, 0.1) is 23.0 Å². The molecule has 0 atom stereocenters. The second kappa shape index (κ2) is 5.73. The van der Waals surface area contributed by atoms with E-state index in [1.165, 1.54) is 29.6 Å². The number of imidazole rings is 1. The van der Waals surface area contributed by atoms with Crippen molar-refractivity contribution in [3.63, 3.8) is 0 Å². The lowest BCUT2D eigenvalue weighted by Gasteiger charge is -2.31. The smallest absolute Gasteiger partial charge is 0.323 e. The van der Waals surface area contributed by atoms with Crippen LogP contribution in [-0.2, 0) is 10.0 Å². The first-order valence-electron chi connectivity index (χ1n) is 7.87. The van der Waals surface area contributed by atoms with Crippen molar-refractivity contribution in [1.29, 1.82) is 0 Å². The molecule has 0 unspecified atom stereocenters. The summed E-state index contributed by atoms with van der Waals surface area (Å²) in [4.78, 5) is 28.8. The zero-order valence-electron chi connectivity index (χ0n) is 13.8. The van der Waals surface area contributed by atoms with E-state index in [1.807, 2.05) is 0 Å². The standard InChI is InChI=1S/C17H15N3O5S/c1-25-15-4-2-3-11-14(21)7-8-20(16(11)15)26(23,24)10-5-6-12-13(9-10)19-17(22)18-12/h2-6,9H,7-8H2,1H3,(H2,18,19,22). The average molecular weight is 373 g/mol. The summed E-state index contributed by atoms with van der Waals surface area (Å²) in [6.07, 6.45) is 0.0859. The predicted octanol–water partition coefficient (Wildman–Crippen LogP) is 1.65. The fourth-order valence-electron chi connectivity index (χ4n) is 3.16. The molecule has 0 aliphatic carbocycles. The first-order chi connectivity index (χ1) is 12.4. The first-order valence-corrected chi connectivity index (χ1v) is 9.31. The number of sulfonamides is 1. The van der Waals surface area contributed by atoms with Crippen LogP contribution in [0, 0.1) is 0 Å². The van der Waals surface area contributed by atoms with E-state index in [-0.39, 0.29) is 29.3 Å². The van der Waals surface area contributed by atoms with Gasteiger partial charge in [0.2, 0.25) is 0 Å². The van der Waals surface area contributed by atoms with Gasteiger partial charge in [0.25, 0.3) is 10.0 Å². The molecule has 0 radical (unpaired) electrons. The Bertz CT molecular complexity index is 1190. The van der Waals surface area contributed by atoms with Gasteiger partial charge in [-0.3, -0.25) is 9.10 Å². The molecule has 26 heavy (non-hydrogen) atoms. The van der Waals surface area contributed by atoms with Gasteiger partial charge in [-0.2, -0.15) is 0 Å². The molecule has 0 saturated carbocycles. The van der Waals surface area contributed by atoms with Crippen LogP contribution in [0.5, 0.6) is 5.75 Å². The number of hydrogen-bond donors (Lipinski definition) is 2. The second-order valence-corrected chi connectivity index (χ2v) is 7.76. The molecule has 8 nitrogen and oxygen atoms in total. The number of hydrogen-bond acceptors (Lipinski definition) is 5. The molecular weight excluding hydrogens is 358 g/mol. The first kappa shape index (κ1) is 16.4. The van der Waals surface area contributed by atoms with Crippen LogP contribution in [0.25, 0.3) is 11.0 Å². The quantitative estimate of drug-likeness (QED) is 0.725. The minimum Gasteiger partial charge on any atom is -0.495 e. The lowest BCUT2D eigenvalue weighted by Crippen LogP contribution is -2.37. The van der Waals surface area contributed by atoms with Crippen molar-refractivity contribution in [3.8, 4) is 5.75 Å². The van der Waals surface area contributed by atoms with E-state index in [4.69, 9.17) is 4.74 Å². The molecule has 2 N–H and O–H groups in total. The van der Waals surface area contributed by atoms with Crippen LogP contribution in [0.1, 0.15) is 16.8 Å². The third-order valence-corrected chi connectivity index (χ3v) is 6.18. The van der Waals surface area contributed by atoms with Crippen LogP contribution >= 0.6 is 0 Å². The van der Waals surface area contributed by atoms with Crippen molar-refractivity contribution >= 4 is 32.5 Å². The van der Waals surface area contributed by atoms with Crippen molar-refractivity contribution in [3.05, 3.63) is 52.4 Å². The number of H-pyrrole nitrogens is 2. The summed E-state index contributed by atoms with van der Waals surface area (Å²) in [5, 5.41) is 0. The molecule has 0 fully saturated rings. The molecule has 1 aromatic heterocycles. The Labute approximate surface area is 148 Å². The number of nitrogens with one attached hydrogen (secondary N) is 2. The minimum atomic E-state index is -3.95. The molecule has 9 heteroatoms. The fraction of sp³-hybridized carbons (Fsp3) is 0.176. The maximum atomic E-state index is 13.2. The molecule has 0 amide bonds. The molecule has 3 aromatic rings. The Kier molecular flexibility index (Phi) is 3.62. The number of anilines is 1. The highest BCUT2D eigenvalue weighted by atomic mass is 32.2. The Hall–Kier alpha value is -3.07. The summed E-state index contributed by atoms with van der Waals surface area (Å²) in [5.41, 5.74) is 1.06. The van der Waals surface area contributed by atoms with Crippen LogP contribution in [-0.4, -0.2) is 37.8 Å². The lowest BCUT2D eigenvalue weighted by atomic mass is 10.0. The fourth-order valence-corrected chi connectivity index (χ4v) is 4.68. The van der Waals surface area contributed by atoms with E-state index in [0.717, 1.165) is 0 Å². The lowest BCUT2D eigenvalue weighted by molar-refractivity contribution is 0.0981. The summed E-state index contributed by atoms with van der Waals surface area (Å²) in [6.45, 7) is 0.0240. The van der Waals surface area contributed by atoms with Crippen LogP contribution in [0.3, 0.4) is 0 Å². The third kappa shape index (κ3) is 2.39. The highest BCUT2D eigenvalue weighted by molar-refractivity contribution is 7.92. The number of methoxy groups -OCH3 is 1. The number of carbonyl (C=O) groups is 1. The highest BCUT2D eigenvalue weighted by Crippen LogP contribution is 2.39. The Morgan fingerprint density at radius 3 is 2.62 bits per heavy atom. The van der Waals surface area contributed by atoms with Crippen LogP contribution in [0.4, 0.5) is 5.69 Å². The Morgan fingerprint density at radius 2 is 1.85 bits per heavy atom. The van der Waals surface area contributed by atoms with Crippen LogP contribution < -0.4 is 14.7 Å². The zero-order chi connectivity index (χ0) is 18.5. The molecule has 2 aromatic carbocycles. The molecule has 134 valence electrons. The van der Waals surface area contributed by atoms with E-state index < -0.39 is 15.7 Å². The summed E-state index contributed by atoms with van der Waals surface area (Å²) >= 11 is 0. The number of aromatic nitrogens is 2. The molecule has 1 aliphatic heterocycles. The van der Waals surface area contributed by atoms with E-state index in [9.17, 15) is 18.0 Å². The maximum absolute atomic E-state index is 13.2. The van der Waals surface area contributed by atoms with Gasteiger partial charge in [0.15, 0.2) is 5.78 Å². The van der Waals surface area contributed by atoms with Crippen LogP contribution in [0.15, 0.2) is 46.1 Å². The molecular formula is C17H15N3O5S. The Balaban J connectivity index is 1.90. The molecule has 4 rings (SSSR count). The van der Waals surface area contributed by atoms with E-state index in [2.05, 4.69) is 9.97 Å². The largest absolute Gasteiger partial charge is 0.495 e. The van der Waals surface area contributed by atoms with Crippen molar-refractivity contribution in [2.75, 3.05) is 18.0 Å². The van der Waals surface area contributed by atoms with E-state index in [1.54, 1.807) is 18.2 Å². The number of ether oxygens (including phenoxy) is 1. The zero-order valence-corrected chi connectivity index (χ0v) is 14.6. The number of carbonyl (C=O) groups excluding carboxylic acids is 1. The summed E-state index contributed by atoms with van der Waals surface area (Å²) in [7, 11) is -2.52. The summed E-state index contributed by atoms with van der Waals surface area (Å²) in [5.74, 6) is 0.186. The molecule has 2 heterocycles. The van der Waals surface area contributed by atoms with Gasteiger partial charge < -0.3 is 14.7 Å². The number of para-hydroxylation sites is 1. The third-order valence-electron chi connectivity index (χ3n) is 4.39. The number of aromatic amines is 2. The number of rotatable bonds is 3. The number of ketones is 1. The number of benzene rings is 2. The van der Waals surface area contributed by atoms with Gasteiger partial charge in [-0.15, -0.1) is 0 Å². The summed E-state index contributed by atoms with van der Waals surface area (Å²) in [6, 6.07) is 9.21. The van der Waals surface area contributed by atoms with Crippen molar-refractivity contribution in [2.24, 2.45) is 0 Å². The normalized spacial score (nSPS) is 14.5. The summed E-state index contributed by atoms with van der Waals surface area (Å²) < 4.78 is 32.9. The van der Waals surface area contributed by atoms with Gasteiger partial charge in [-0.1, -0.05) is 6.07 Å². The van der Waals surface area contributed by atoms with Gasteiger partial charge in [0.1, 0.15) is 11.4 Å². The van der Waals surface area contributed by atoms with Gasteiger partial charge in [-0.25, -0.2) is 13.2 Å². The number of Topliss-reactive ketones (excluding diaryl/α,β-unsaturated/α-hetero) is 1. The topological polar surface area (TPSA) is 112 Å². The molecule has 0 bridgehead atoms. The van der Waals surface area contributed by atoms with Gasteiger partial charge >= 0.3 is 5.69 Å². The van der Waals surface area contributed by atoms with Crippen LogP contribution in [0.2, 0.25) is 0 Å². The van der Waals surface area contributed by atoms with E-state index >= 15 is 0 Å². The van der Waals surface area contributed by atoms with E-state index in [0.29, 0.717) is 22.3 Å². The monoisotopic (exact) mass is 373 g/mol. The highest BCUT2D eigenvalue weighted by Gasteiger charge is 2.34. The average Bonchev–Trinajstić information content (AvgIpc) is 3.00. The number of nitrogens with zero attached hydrogens (tertiary/aromatic N) is 1. The molecule has 0 saturated heterocycles. The predicted molar refractivity (Wildman–Crippen MR) is 95.4 cm³/mol. The van der Waals surface area contributed by atoms with Crippen molar-refractivity contribution in [1.82, 2.24) is 9.97 Å². The molecule has 0 spiro atoms. The van der Waals surface area contributed by atoms with Crippen molar-refractivity contribution in [2.45, 2.75) is 11.3 Å². The Morgan fingerprint density at radius 1 is 1.08 bits per heavy atom. The SMILES string of the molecule is COc1cccc2c1N(S(=O)(=O)c1ccc3[nH]c(=O)[nH]c3c1)CCC2=O. The number of fused-ring (bicyclic) bond motifs is 2. The minimum absolute atomic E-state index is 0.0199.